The fourth-order valence-electron chi connectivity index (χ4n) is 2.68. The molecule has 132 valence electrons. The van der Waals surface area contributed by atoms with Crippen molar-refractivity contribution in [1.82, 2.24) is 5.32 Å². The zero-order valence-electron chi connectivity index (χ0n) is 14.4. The van der Waals surface area contributed by atoms with Crippen LogP contribution >= 0.6 is 0 Å². The summed E-state index contributed by atoms with van der Waals surface area (Å²) in [5.74, 6) is 6.49. The number of piperidine rings is 1. The highest BCUT2D eigenvalue weighted by molar-refractivity contribution is 5.94. The Bertz CT molecular complexity index is 840. The molecule has 0 atom stereocenters. The Kier molecular flexibility index (Phi) is 5.89. The lowest BCUT2D eigenvalue weighted by molar-refractivity contribution is -0.119. The molecule has 0 bridgehead atoms. The number of nitrogens with zero attached hydrogens (tertiary/aromatic N) is 1. The van der Waals surface area contributed by atoms with Crippen molar-refractivity contribution in [2.45, 2.75) is 19.3 Å². The molecule has 5 heteroatoms. The molecule has 0 unspecified atom stereocenters. The Balaban J connectivity index is 1.49. The summed E-state index contributed by atoms with van der Waals surface area (Å²) < 4.78 is 5.11. The number of hydrogen-bond acceptors (Lipinski definition) is 3. The zero-order chi connectivity index (χ0) is 18.2. The van der Waals surface area contributed by atoms with Crippen LogP contribution in [0.3, 0.4) is 0 Å². The Morgan fingerprint density at radius 2 is 2.08 bits per heavy atom. The smallest absolute Gasteiger partial charge is 0.244 e. The number of furan rings is 1. The molecule has 1 aliphatic rings. The van der Waals surface area contributed by atoms with Gasteiger partial charge in [-0.1, -0.05) is 11.8 Å². The normalized spacial score (nSPS) is 14.2. The monoisotopic (exact) mass is 348 g/mol. The lowest BCUT2D eigenvalue weighted by Gasteiger charge is -2.26. The maximum absolute atomic E-state index is 11.9. The maximum atomic E-state index is 11.9. The van der Waals surface area contributed by atoms with E-state index in [1.165, 1.54) is 6.08 Å². The van der Waals surface area contributed by atoms with E-state index in [2.05, 4.69) is 17.2 Å². The van der Waals surface area contributed by atoms with Crippen molar-refractivity contribution < 1.29 is 14.0 Å². The molecule has 0 aliphatic carbocycles. The SMILES string of the molecule is O=C(/C=C/c1ccco1)NCC#Cc1ccc(N2CCCCC2=O)cc1. The molecule has 5 nitrogen and oxygen atoms in total. The second-order valence-corrected chi connectivity index (χ2v) is 5.92. The van der Waals surface area contributed by atoms with Crippen molar-refractivity contribution in [3.05, 3.63) is 60.1 Å². The minimum absolute atomic E-state index is 0.181. The van der Waals surface area contributed by atoms with Gasteiger partial charge in [0.15, 0.2) is 0 Å². The lowest BCUT2D eigenvalue weighted by Crippen LogP contribution is -2.35. The lowest BCUT2D eigenvalue weighted by atomic mass is 10.1. The highest BCUT2D eigenvalue weighted by Crippen LogP contribution is 2.20. The average molecular weight is 348 g/mol. The van der Waals surface area contributed by atoms with Gasteiger partial charge in [-0.2, -0.15) is 0 Å². The van der Waals surface area contributed by atoms with Gasteiger partial charge in [0, 0.05) is 30.3 Å². The summed E-state index contributed by atoms with van der Waals surface area (Å²) in [6, 6.07) is 11.1. The third-order valence-electron chi connectivity index (χ3n) is 4.03. The van der Waals surface area contributed by atoms with E-state index < -0.39 is 0 Å². The standard InChI is InChI=1S/C21H20N2O3/c24-20(13-12-19-6-4-16-26-19)22-14-3-5-17-8-10-18(11-9-17)23-15-2-1-7-21(23)25/h4,6,8-13,16H,1-2,7,14-15H2,(H,22,24)/b13-12+. The van der Waals surface area contributed by atoms with Gasteiger partial charge in [0.2, 0.25) is 11.8 Å². The van der Waals surface area contributed by atoms with E-state index in [9.17, 15) is 9.59 Å². The van der Waals surface area contributed by atoms with Crippen molar-refractivity contribution in [2.24, 2.45) is 0 Å². The highest BCUT2D eigenvalue weighted by atomic mass is 16.3. The molecule has 26 heavy (non-hydrogen) atoms. The molecule has 1 fully saturated rings. The van der Waals surface area contributed by atoms with Gasteiger partial charge in [-0.25, -0.2) is 0 Å². The molecule has 1 N–H and O–H groups in total. The van der Waals surface area contributed by atoms with Crippen molar-refractivity contribution in [1.29, 1.82) is 0 Å². The minimum Gasteiger partial charge on any atom is -0.465 e. The van der Waals surface area contributed by atoms with Gasteiger partial charge in [0.05, 0.1) is 12.8 Å². The second-order valence-electron chi connectivity index (χ2n) is 5.92. The Labute approximate surface area is 152 Å². The van der Waals surface area contributed by atoms with E-state index in [0.717, 1.165) is 30.6 Å². The number of hydrogen-bond donors (Lipinski definition) is 1. The van der Waals surface area contributed by atoms with E-state index in [1.54, 1.807) is 24.5 Å². The quantitative estimate of drug-likeness (QED) is 0.682. The number of amides is 2. The molecule has 2 aromatic rings. The van der Waals surface area contributed by atoms with Crippen LogP contribution < -0.4 is 10.2 Å². The van der Waals surface area contributed by atoms with Gasteiger partial charge in [-0.05, 0) is 55.3 Å². The van der Waals surface area contributed by atoms with Gasteiger partial charge in [0.25, 0.3) is 0 Å². The van der Waals surface area contributed by atoms with Crippen molar-refractivity contribution in [3.8, 4) is 11.8 Å². The molecule has 1 aromatic carbocycles. The van der Waals surface area contributed by atoms with Crippen molar-refractivity contribution in [2.75, 3.05) is 18.0 Å². The Morgan fingerprint density at radius 1 is 1.23 bits per heavy atom. The zero-order valence-corrected chi connectivity index (χ0v) is 14.4. The molecule has 2 amide bonds. The molecule has 2 heterocycles. The summed E-state index contributed by atoms with van der Waals surface area (Å²) in [6.07, 6.45) is 7.20. The first-order valence-electron chi connectivity index (χ1n) is 8.61. The highest BCUT2D eigenvalue weighted by Gasteiger charge is 2.19. The number of carbonyl (C=O) groups is 2. The minimum atomic E-state index is -0.227. The van der Waals surface area contributed by atoms with Crippen LogP contribution in [-0.2, 0) is 9.59 Å². The number of anilines is 1. The fourth-order valence-corrected chi connectivity index (χ4v) is 2.68. The van der Waals surface area contributed by atoms with E-state index >= 15 is 0 Å². The van der Waals surface area contributed by atoms with Crippen LogP contribution in [0.5, 0.6) is 0 Å². The number of benzene rings is 1. The molecule has 1 saturated heterocycles. The maximum Gasteiger partial charge on any atom is 0.244 e. The molecular weight excluding hydrogens is 328 g/mol. The van der Waals surface area contributed by atoms with E-state index in [4.69, 9.17) is 4.42 Å². The third kappa shape index (κ3) is 4.87. The molecule has 0 spiro atoms. The largest absolute Gasteiger partial charge is 0.465 e. The van der Waals surface area contributed by atoms with Gasteiger partial charge < -0.3 is 14.6 Å². The number of rotatable bonds is 4. The van der Waals surface area contributed by atoms with E-state index in [-0.39, 0.29) is 18.4 Å². The summed E-state index contributed by atoms with van der Waals surface area (Å²) in [7, 11) is 0. The predicted octanol–water partition coefficient (Wildman–Crippen LogP) is 2.98. The van der Waals surface area contributed by atoms with Crippen LogP contribution in [-0.4, -0.2) is 24.9 Å². The van der Waals surface area contributed by atoms with Crippen molar-refractivity contribution in [3.63, 3.8) is 0 Å². The van der Waals surface area contributed by atoms with E-state index in [1.807, 2.05) is 29.2 Å². The van der Waals surface area contributed by atoms with Crippen LogP contribution in [0.15, 0.2) is 53.2 Å². The van der Waals surface area contributed by atoms with Crippen LogP contribution in [0.2, 0.25) is 0 Å². The molecule has 3 rings (SSSR count). The summed E-state index contributed by atoms with van der Waals surface area (Å²) in [4.78, 5) is 25.4. The predicted molar refractivity (Wildman–Crippen MR) is 100 cm³/mol. The number of nitrogens with one attached hydrogen (secondary N) is 1. The topological polar surface area (TPSA) is 62.6 Å². The Hall–Kier alpha value is -3.26. The van der Waals surface area contributed by atoms with Crippen LogP contribution in [0.1, 0.15) is 30.6 Å². The summed E-state index contributed by atoms with van der Waals surface area (Å²) in [5, 5.41) is 2.69. The molecule has 1 aromatic heterocycles. The number of carbonyl (C=O) groups excluding carboxylic acids is 2. The first-order valence-corrected chi connectivity index (χ1v) is 8.61. The summed E-state index contributed by atoms with van der Waals surface area (Å²) >= 11 is 0. The van der Waals surface area contributed by atoms with E-state index in [0.29, 0.717) is 12.2 Å². The third-order valence-corrected chi connectivity index (χ3v) is 4.03. The first kappa shape index (κ1) is 17.6. The van der Waals surface area contributed by atoms with Crippen LogP contribution in [0.25, 0.3) is 6.08 Å². The molecule has 1 aliphatic heterocycles. The van der Waals surface area contributed by atoms with Gasteiger partial charge in [0.1, 0.15) is 5.76 Å². The van der Waals surface area contributed by atoms with Gasteiger partial charge in [-0.15, -0.1) is 0 Å². The van der Waals surface area contributed by atoms with Crippen LogP contribution in [0, 0.1) is 11.8 Å². The fraction of sp³-hybridized carbons (Fsp3) is 0.238. The summed E-state index contributed by atoms with van der Waals surface area (Å²) in [5.41, 5.74) is 1.76. The summed E-state index contributed by atoms with van der Waals surface area (Å²) in [6.45, 7) is 1.04. The van der Waals surface area contributed by atoms with Crippen molar-refractivity contribution >= 4 is 23.6 Å². The first-order chi connectivity index (χ1) is 12.7. The molecular formula is C21H20N2O3. The molecule has 0 radical (unpaired) electrons. The Morgan fingerprint density at radius 3 is 2.81 bits per heavy atom. The van der Waals surface area contributed by atoms with Gasteiger partial charge in [-0.3, -0.25) is 9.59 Å². The molecule has 0 saturated carbocycles. The second kappa shape index (κ2) is 8.72. The van der Waals surface area contributed by atoms with Crippen LogP contribution in [0.4, 0.5) is 5.69 Å². The van der Waals surface area contributed by atoms with Gasteiger partial charge >= 0.3 is 0 Å². The average Bonchev–Trinajstić information content (AvgIpc) is 3.18.